The Morgan fingerprint density at radius 3 is 2.93 bits per heavy atom. The van der Waals surface area contributed by atoms with Crippen LogP contribution < -0.4 is 0 Å². The van der Waals surface area contributed by atoms with E-state index < -0.39 is 0 Å². The molecule has 0 saturated carbocycles. The van der Waals surface area contributed by atoms with Gasteiger partial charge in [-0.2, -0.15) is 0 Å². The van der Waals surface area contributed by atoms with Gasteiger partial charge in [-0.3, -0.25) is 0 Å². The molecule has 0 unspecified atom stereocenters. The van der Waals surface area contributed by atoms with Crippen LogP contribution in [0.3, 0.4) is 0 Å². The summed E-state index contributed by atoms with van der Waals surface area (Å²) in [5.74, 6) is 0. The van der Waals surface area contributed by atoms with Gasteiger partial charge in [0.05, 0.1) is 10.6 Å². The van der Waals surface area contributed by atoms with Crippen LogP contribution in [-0.4, -0.2) is 10.9 Å². The first-order valence-electron chi connectivity index (χ1n) is 4.09. The summed E-state index contributed by atoms with van der Waals surface area (Å²) in [6.45, 7) is 1.77. The van der Waals surface area contributed by atoms with Crippen LogP contribution in [0.2, 0.25) is 5.02 Å². The van der Waals surface area contributed by atoms with E-state index in [9.17, 15) is 0 Å². The first kappa shape index (κ1) is 9.49. The normalized spacial score (nSPS) is 12.3. The van der Waals surface area contributed by atoms with E-state index in [1.807, 2.05) is 24.3 Å². The number of oxime groups is 1. The van der Waals surface area contributed by atoms with Crippen LogP contribution in [0.5, 0.6) is 0 Å². The zero-order valence-corrected chi connectivity index (χ0v) is 9.06. The largest absolute Gasteiger partial charge is 0.411 e. The first-order chi connectivity index (χ1) is 6.70. The van der Waals surface area contributed by atoms with E-state index in [0.717, 1.165) is 20.0 Å². The summed E-state index contributed by atoms with van der Waals surface area (Å²) in [6.07, 6.45) is 0. The summed E-state index contributed by atoms with van der Waals surface area (Å²) in [4.78, 5) is 0.963. The molecule has 2 aromatic rings. The Morgan fingerprint density at radius 1 is 1.43 bits per heavy atom. The van der Waals surface area contributed by atoms with Crippen LogP contribution in [0.25, 0.3) is 10.1 Å². The van der Waals surface area contributed by atoms with Crippen LogP contribution in [0, 0.1) is 0 Å². The standard InChI is InChI=1S/C10H8ClNOS/c1-6(12-13)9-4-7-2-3-8(11)5-10(7)14-9/h2-5,13H,1H3/b12-6+. The van der Waals surface area contributed by atoms with Gasteiger partial charge >= 0.3 is 0 Å². The van der Waals surface area contributed by atoms with Gasteiger partial charge in [0.2, 0.25) is 0 Å². The zero-order valence-electron chi connectivity index (χ0n) is 7.49. The van der Waals surface area contributed by atoms with E-state index in [2.05, 4.69) is 5.16 Å². The maximum Gasteiger partial charge on any atom is 0.0936 e. The number of halogens is 1. The van der Waals surface area contributed by atoms with Gasteiger partial charge in [-0.25, -0.2) is 0 Å². The van der Waals surface area contributed by atoms with Gasteiger partial charge in [0.1, 0.15) is 0 Å². The summed E-state index contributed by atoms with van der Waals surface area (Å²) < 4.78 is 1.11. The lowest BCUT2D eigenvalue weighted by atomic mass is 10.2. The van der Waals surface area contributed by atoms with Gasteiger partial charge in [-0.1, -0.05) is 22.8 Å². The van der Waals surface area contributed by atoms with Crippen LogP contribution in [0.15, 0.2) is 29.4 Å². The average molecular weight is 226 g/mol. The molecule has 0 aliphatic rings. The monoisotopic (exact) mass is 225 g/mol. The molecule has 2 rings (SSSR count). The van der Waals surface area contributed by atoms with E-state index in [0.29, 0.717) is 5.71 Å². The summed E-state index contributed by atoms with van der Waals surface area (Å²) in [6, 6.07) is 7.72. The summed E-state index contributed by atoms with van der Waals surface area (Å²) in [7, 11) is 0. The highest BCUT2D eigenvalue weighted by Gasteiger charge is 2.04. The minimum atomic E-state index is 0.627. The molecule has 0 atom stereocenters. The second-order valence-corrected chi connectivity index (χ2v) is 4.50. The molecule has 0 spiro atoms. The molecule has 0 aliphatic carbocycles. The molecule has 0 radical (unpaired) electrons. The fraction of sp³-hybridized carbons (Fsp3) is 0.100. The predicted octanol–water partition coefficient (Wildman–Crippen LogP) is 3.75. The van der Waals surface area contributed by atoms with E-state index in [4.69, 9.17) is 16.8 Å². The second kappa shape index (κ2) is 3.59. The summed E-state index contributed by atoms with van der Waals surface area (Å²) in [5, 5.41) is 13.7. The van der Waals surface area contributed by atoms with Crippen LogP contribution in [-0.2, 0) is 0 Å². The molecule has 1 aromatic carbocycles. The maximum absolute atomic E-state index is 8.64. The molecule has 1 aromatic heterocycles. The van der Waals surface area contributed by atoms with Crippen molar-refractivity contribution >= 4 is 38.7 Å². The Morgan fingerprint density at radius 2 is 2.21 bits per heavy atom. The lowest BCUT2D eigenvalue weighted by Gasteiger charge is -1.88. The molecular weight excluding hydrogens is 218 g/mol. The summed E-state index contributed by atoms with van der Waals surface area (Å²) in [5.41, 5.74) is 0.627. The van der Waals surface area contributed by atoms with Gasteiger partial charge in [0.25, 0.3) is 0 Å². The quantitative estimate of drug-likeness (QED) is 0.448. The SMILES string of the molecule is C/C(=N\O)c1cc2ccc(Cl)cc2s1. The fourth-order valence-electron chi connectivity index (χ4n) is 1.23. The number of fused-ring (bicyclic) bond motifs is 1. The van der Waals surface area contributed by atoms with Gasteiger partial charge < -0.3 is 5.21 Å². The van der Waals surface area contributed by atoms with Crippen LogP contribution in [0.1, 0.15) is 11.8 Å². The van der Waals surface area contributed by atoms with Crippen molar-refractivity contribution in [3.8, 4) is 0 Å². The number of hydrogen-bond donors (Lipinski definition) is 1. The Hall–Kier alpha value is -1.06. The Balaban J connectivity index is 2.62. The molecule has 0 fully saturated rings. The second-order valence-electron chi connectivity index (χ2n) is 2.98. The highest BCUT2D eigenvalue weighted by atomic mass is 35.5. The van der Waals surface area contributed by atoms with E-state index >= 15 is 0 Å². The third kappa shape index (κ3) is 1.61. The predicted molar refractivity (Wildman–Crippen MR) is 60.8 cm³/mol. The average Bonchev–Trinajstić information content (AvgIpc) is 2.59. The Labute approximate surface area is 90.4 Å². The molecule has 0 amide bonds. The van der Waals surface area contributed by atoms with E-state index in [-0.39, 0.29) is 0 Å². The minimum absolute atomic E-state index is 0.627. The zero-order chi connectivity index (χ0) is 10.1. The molecule has 4 heteroatoms. The fourth-order valence-corrected chi connectivity index (χ4v) is 2.51. The van der Waals surface area contributed by atoms with Crippen molar-refractivity contribution in [1.82, 2.24) is 0 Å². The van der Waals surface area contributed by atoms with Gasteiger partial charge in [0, 0.05) is 9.72 Å². The molecule has 0 aliphatic heterocycles. The lowest BCUT2D eigenvalue weighted by Crippen LogP contribution is -1.87. The van der Waals surface area contributed by atoms with Gasteiger partial charge in [0.15, 0.2) is 0 Å². The Bertz CT molecular complexity index is 504. The molecule has 72 valence electrons. The van der Waals surface area contributed by atoms with Crippen LogP contribution in [0.4, 0.5) is 0 Å². The van der Waals surface area contributed by atoms with E-state index in [1.165, 1.54) is 0 Å². The lowest BCUT2D eigenvalue weighted by molar-refractivity contribution is 0.319. The smallest absolute Gasteiger partial charge is 0.0936 e. The molecule has 1 N–H and O–H groups in total. The number of thiophene rings is 1. The van der Waals surface area contributed by atoms with Crippen molar-refractivity contribution in [1.29, 1.82) is 0 Å². The molecular formula is C10H8ClNOS. The minimum Gasteiger partial charge on any atom is -0.411 e. The van der Waals surface area contributed by atoms with Crippen molar-refractivity contribution in [2.75, 3.05) is 0 Å². The van der Waals surface area contributed by atoms with Crippen molar-refractivity contribution < 1.29 is 5.21 Å². The van der Waals surface area contributed by atoms with Crippen molar-refractivity contribution in [2.45, 2.75) is 6.92 Å². The van der Waals surface area contributed by atoms with Gasteiger partial charge in [-0.05, 0) is 30.5 Å². The highest BCUT2D eigenvalue weighted by Crippen LogP contribution is 2.28. The topological polar surface area (TPSA) is 32.6 Å². The van der Waals surface area contributed by atoms with Crippen molar-refractivity contribution in [3.05, 3.63) is 34.2 Å². The maximum atomic E-state index is 8.64. The number of benzene rings is 1. The molecule has 0 bridgehead atoms. The van der Waals surface area contributed by atoms with Crippen LogP contribution >= 0.6 is 22.9 Å². The molecule has 1 heterocycles. The van der Waals surface area contributed by atoms with Crippen molar-refractivity contribution in [2.24, 2.45) is 5.16 Å². The van der Waals surface area contributed by atoms with Gasteiger partial charge in [-0.15, -0.1) is 11.3 Å². The molecule has 14 heavy (non-hydrogen) atoms. The summed E-state index contributed by atoms with van der Waals surface area (Å²) >= 11 is 7.44. The third-order valence-corrected chi connectivity index (χ3v) is 3.43. The number of hydrogen-bond acceptors (Lipinski definition) is 3. The molecule has 2 nitrogen and oxygen atoms in total. The van der Waals surface area contributed by atoms with Crippen molar-refractivity contribution in [3.63, 3.8) is 0 Å². The first-order valence-corrected chi connectivity index (χ1v) is 5.28. The number of nitrogens with zero attached hydrogens (tertiary/aromatic N) is 1. The Kier molecular flexibility index (Phi) is 2.44. The van der Waals surface area contributed by atoms with E-state index in [1.54, 1.807) is 18.3 Å². The third-order valence-electron chi connectivity index (χ3n) is 1.99. The number of rotatable bonds is 1. The highest BCUT2D eigenvalue weighted by molar-refractivity contribution is 7.20. The molecule has 0 saturated heterocycles.